The second-order valence-corrected chi connectivity index (χ2v) is 8.61. The molecule has 3 rings (SSSR count). The summed E-state index contributed by atoms with van der Waals surface area (Å²) in [7, 11) is 2.16. The molecule has 1 aromatic rings. The van der Waals surface area contributed by atoms with E-state index in [0.717, 1.165) is 51.9 Å². The van der Waals surface area contributed by atoms with Crippen molar-refractivity contribution in [2.75, 3.05) is 53.0 Å². The number of nitrogens with one attached hydrogen (secondary N) is 1. The van der Waals surface area contributed by atoms with Crippen LogP contribution in [0.5, 0.6) is 0 Å². The maximum Gasteiger partial charge on any atom is 0.246 e. The maximum atomic E-state index is 12.2. The Morgan fingerprint density at radius 1 is 1.17 bits per heavy atom. The van der Waals surface area contributed by atoms with Crippen molar-refractivity contribution in [2.24, 2.45) is 0 Å². The van der Waals surface area contributed by atoms with Crippen molar-refractivity contribution >= 4 is 5.91 Å². The lowest BCUT2D eigenvalue weighted by atomic mass is 9.74. The largest absolute Gasteiger partial charge is 0.391 e. The summed E-state index contributed by atoms with van der Waals surface area (Å²) in [5, 5.41) is 14.1. The van der Waals surface area contributed by atoms with Crippen LogP contribution in [0.4, 0.5) is 0 Å². The SMILES string of the molecule is CCOCC(=O)NC[C@@]1(c2ccccc2)CC[C@H](O)[C@@H](N2CCN(C)CC2)CC1. The van der Waals surface area contributed by atoms with E-state index < -0.39 is 0 Å². The smallest absolute Gasteiger partial charge is 0.246 e. The van der Waals surface area contributed by atoms with Gasteiger partial charge in [0.1, 0.15) is 6.61 Å². The first-order valence-electron chi connectivity index (χ1n) is 11.0. The van der Waals surface area contributed by atoms with E-state index in [4.69, 9.17) is 4.74 Å². The van der Waals surface area contributed by atoms with Gasteiger partial charge < -0.3 is 20.1 Å². The first kappa shape index (κ1) is 22.2. The normalized spacial score (nSPS) is 29.3. The van der Waals surface area contributed by atoms with Crippen molar-refractivity contribution in [1.29, 1.82) is 0 Å². The third-order valence-corrected chi connectivity index (χ3v) is 6.74. The van der Waals surface area contributed by atoms with E-state index in [0.29, 0.717) is 13.2 Å². The molecule has 1 saturated heterocycles. The zero-order chi connectivity index (χ0) is 20.7. The van der Waals surface area contributed by atoms with E-state index in [2.05, 4.69) is 46.4 Å². The molecule has 3 atom stereocenters. The van der Waals surface area contributed by atoms with Crippen LogP contribution in [0.15, 0.2) is 30.3 Å². The van der Waals surface area contributed by atoms with Gasteiger partial charge in [0.2, 0.25) is 5.91 Å². The summed E-state index contributed by atoms with van der Waals surface area (Å²) < 4.78 is 5.26. The Kier molecular flexibility index (Phi) is 8.07. The fourth-order valence-corrected chi connectivity index (χ4v) is 4.81. The Morgan fingerprint density at radius 2 is 1.86 bits per heavy atom. The van der Waals surface area contributed by atoms with E-state index in [9.17, 15) is 9.90 Å². The van der Waals surface area contributed by atoms with Crippen LogP contribution in [0.25, 0.3) is 0 Å². The van der Waals surface area contributed by atoms with Crippen molar-refractivity contribution in [1.82, 2.24) is 15.1 Å². The first-order valence-corrected chi connectivity index (χ1v) is 11.0. The van der Waals surface area contributed by atoms with Crippen molar-refractivity contribution in [3.05, 3.63) is 35.9 Å². The molecule has 1 aliphatic heterocycles. The highest BCUT2D eigenvalue weighted by Crippen LogP contribution is 2.39. The number of piperazine rings is 1. The molecule has 1 amide bonds. The molecule has 0 bridgehead atoms. The Balaban J connectivity index is 1.73. The Morgan fingerprint density at radius 3 is 2.55 bits per heavy atom. The minimum atomic E-state index is -0.317. The molecule has 1 saturated carbocycles. The molecule has 0 unspecified atom stereocenters. The second kappa shape index (κ2) is 10.5. The van der Waals surface area contributed by atoms with Gasteiger partial charge in [0.25, 0.3) is 0 Å². The fraction of sp³-hybridized carbons (Fsp3) is 0.696. The average molecular weight is 404 g/mol. The van der Waals surface area contributed by atoms with Gasteiger partial charge in [-0.2, -0.15) is 0 Å². The third kappa shape index (κ3) is 5.79. The molecule has 2 N–H and O–H groups in total. The van der Waals surface area contributed by atoms with E-state index in [1.807, 2.05) is 13.0 Å². The molecule has 2 aliphatic rings. The average Bonchev–Trinajstić information content (AvgIpc) is 2.92. The van der Waals surface area contributed by atoms with Gasteiger partial charge in [-0.05, 0) is 45.2 Å². The highest BCUT2D eigenvalue weighted by atomic mass is 16.5. The molecule has 0 spiro atoms. The number of rotatable bonds is 7. The molecule has 0 aromatic heterocycles. The van der Waals surface area contributed by atoms with Gasteiger partial charge in [0.15, 0.2) is 0 Å². The molecule has 6 nitrogen and oxygen atoms in total. The molecule has 1 aliphatic carbocycles. The molecule has 29 heavy (non-hydrogen) atoms. The van der Waals surface area contributed by atoms with Gasteiger partial charge in [0, 0.05) is 50.8 Å². The lowest BCUT2D eigenvalue weighted by molar-refractivity contribution is -0.125. The van der Waals surface area contributed by atoms with Crippen LogP contribution < -0.4 is 5.32 Å². The highest BCUT2D eigenvalue weighted by Gasteiger charge is 2.40. The number of aliphatic hydroxyl groups is 1. The summed E-state index contributed by atoms with van der Waals surface area (Å²) in [4.78, 5) is 17.0. The number of carbonyl (C=O) groups is 1. The van der Waals surface area contributed by atoms with Gasteiger partial charge in [0.05, 0.1) is 6.10 Å². The monoisotopic (exact) mass is 403 g/mol. The van der Waals surface area contributed by atoms with E-state index in [-0.39, 0.29) is 30.1 Å². The van der Waals surface area contributed by atoms with Crippen LogP contribution in [0.1, 0.15) is 38.2 Å². The number of carbonyl (C=O) groups excluding carboxylic acids is 1. The summed E-state index contributed by atoms with van der Waals surface area (Å²) in [5.41, 5.74) is 1.11. The predicted molar refractivity (Wildman–Crippen MR) is 115 cm³/mol. The Labute approximate surface area is 175 Å². The van der Waals surface area contributed by atoms with Crippen molar-refractivity contribution in [2.45, 2.75) is 50.2 Å². The van der Waals surface area contributed by atoms with Gasteiger partial charge in [-0.15, -0.1) is 0 Å². The van der Waals surface area contributed by atoms with Crippen LogP contribution in [0.2, 0.25) is 0 Å². The molecular weight excluding hydrogens is 366 g/mol. The lowest BCUT2D eigenvalue weighted by Gasteiger charge is -2.39. The van der Waals surface area contributed by atoms with Gasteiger partial charge >= 0.3 is 0 Å². The summed E-state index contributed by atoms with van der Waals surface area (Å²) in [6.45, 7) is 7.27. The second-order valence-electron chi connectivity index (χ2n) is 8.61. The molecule has 1 aromatic carbocycles. The van der Waals surface area contributed by atoms with Crippen molar-refractivity contribution < 1.29 is 14.6 Å². The molecular formula is C23H37N3O3. The van der Waals surface area contributed by atoms with E-state index in [1.54, 1.807) is 0 Å². The molecule has 2 fully saturated rings. The van der Waals surface area contributed by atoms with Gasteiger partial charge in [-0.1, -0.05) is 30.3 Å². The summed E-state index contributed by atoms with van der Waals surface area (Å²) in [6, 6.07) is 10.7. The molecule has 6 heteroatoms. The number of ether oxygens (including phenoxy) is 1. The number of hydrogen-bond acceptors (Lipinski definition) is 5. The van der Waals surface area contributed by atoms with Crippen LogP contribution in [0.3, 0.4) is 0 Å². The summed E-state index contributed by atoms with van der Waals surface area (Å²) >= 11 is 0. The summed E-state index contributed by atoms with van der Waals surface area (Å²) in [6.07, 6.45) is 3.22. The number of likely N-dealkylation sites (N-methyl/N-ethyl adjacent to an activating group) is 1. The number of amides is 1. The van der Waals surface area contributed by atoms with Gasteiger partial charge in [-0.3, -0.25) is 9.69 Å². The topological polar surface area (TPSA) is 65.0 Å². The van der Waals surface area contributed by atoms with Crippen LogP contribution in [-0.2, 0) is 14.9 Å². The minimum Gasteiger partial charge on any atom is -0.391 e. The van der Waals surface area contributed by atoms with Crippen molar-refractivity contribution in [3.63, 3.8) is 0 Å². The van der Waals surface area contributed by atoms with Crippen LogP contribution in [0, 0.1) is 0 Å². The van der Waals surface area contributed by atoms with E-state index >= 15 is 0 Å². The first-order chi connectivity index (χ1) is 14.0. The van der Waals surface area contributed by atoms with E-state index in [1.165, 1.54) is 5.56 Å². The van der Waals surface area contributed by atoms with Gasteiger partial charge in [-0.25, -0.2) is 0 Å². The van der Waals surface area contributed by atoms with Crippen molar-refractivity contribution in [3.8, 4) is 0 Å². The Hall–Kier alpha value is -1.47. The molecule has 1 heterocycles. The number of hydrogen-bond donors (Lipinski definition) is 2. The maximum absolute atomic E-state index is 12.2. The fourth-order valence-electron chi connectivity index (χ4n) is 4.81. The zero-order valence-corrected chi connectivity index (χ0v) is 18.0. The third-order valence-electron chi connectivity index (χ3n) is 6.74. The molecule has 0 radical (unpaired) electrons. The summed E-state index contributed by atoms with van der Waals surface area (Å²) in [5.74, 6) is -0.0671. The van der Waals surface area contributed by atoms with Crippen LogP contribution in [-0.4, -0.2) is 85.9 Å². The lowest BCUT2D eigenvalue weighted by Crippen LogP contribution is -2.52. The highest BCUT2D eigenvalue weighted by molar-refractivity contribution is 5.77. The minimum absolute atomic E-state index is 0.0671. The number of aliphatic hydroxyl groups excluding tert-OH is 1. The number of benzene rings is 1. The Bertz CT molecular complexity index is 634. The molecule has 162 valence electrons. The zero-order valence-electron chi connectivity index (χ0n) is 18.0. The quantitative estimate of drug-likeness (QED) is 0.678. The van der Waals surface area contributed by atoms with Crippen LogP contribution >= 0.6 is 0 Å². The number of nitrogens with zero attached hydrogens (tertiary/aromatic N) is 2. The standard InChI is InChI=1S/C23H37N3O3/c1-3-29-17-22(28)24-18-23(19-7-5-4-6-8-19)11-9-20(21(27)10-12-23)26-15-13-25(2)14-16-26/h4-8,20-21,27H,3,9-18H2,1-2H3,(H,24,28)/t20-,21-,23-/m0/s1. The predicted octanol–water partition coefficient (Wildman–Crippen LogP) is 1.63.